The molecule has 1 aromatic carbocycles. The number of aryl methyl sites for hydroxylation is 1. The Labute approximate surface area is 129 Å². The molecule has 0 aromatic heterocycles. The van der Waals surface area contributed by atoms with Crippen LogP contribution in [0.5, 0.6) is 0 Å². The average Bonchev–Trinajstić information content (AvgIpc) is 2.50. The van der Waals surface area contributed by atoms with E-state index in [0.29, 0.717) is 6.04 Å². The van der Waals surface area contributed by atoms with Crippen LogP contribution in [-0.4, -0.2) is 48.7 Å². The first-order chi connectivity index (χ1) is 10.0. The van der Waals surface area contributed by atoms with Crippen LogP contribution in [0.25, 0.3) is 0 Å². The van der Waals surface area contributed by atoms with Crippen molar-refractivity contribution in [2.24, 2.45) is 5.92 Å². The Kier molecular flexibility index (Phi) is 10.5. The number of rotatable bonds is 1. The Hall–Kier alpha value is -1.39. The molecule has 1 unspecified atom stereocenters. The van der Waals surface area contributed by atoms with Crippen LogP contribution in [0.4, 0.5) is 0 Å². The summed E-state index contributed by atoms with van der Waals surface area (Å²) < 4.78 is 0. The molecule has 1 heterocycles. The Morgan fingerprint density at radius 3 is 2.24 bits per heavy atom. The maximum Gasteiger partial charge on any atom is 0.225 e. The van der Waals surface area contributed by atoms with Gasteiger partial charge in [-0.15, -0.1) is 0 Å². The molecule has 1 amide bonds. The molecule has 4 heteroatoms. The summed E-state index contributed by atoms with van der Waals surface area (Å²) >= 11 is 0. The Balaban J connectivity index is 0.000000377. The minimum Gasteiger partial charge on any atom is -0.400 e. The molecule has 4 nitrogen and oxygen atoms in total. The number of benzene rings is 1. The van der Waals surface area contributed by atoms with E-state index in [4.69, 9.17) is 5.11 Å². The average molecular weight is 294 g/mol. The minimum atomic E-state index is 0.135. The van der Waals surface area contributed by atoms with Crippen molar-refractivity contribution in [1.82, 2.24) is 10.2 Å². The Bertz CT molecular complexity index is 380. The van der Waals surface area contributed by atoms with Gasteiger partial charge in [0.1, 0.15) is 0 Å². The van der Waals surface area contributed by atoms with E-state index in [-0.39, 0.29) is 11.8 Å². The number of hydrogen-bond donors (Lipinski definition) is 2. The number of amides is 1. The second-order valence-electron chi connectivity index (χ2n) is 5.45. The third kappa shape index (κ3) is 8.48. The standard InChI is InChI=1S/C9H18N2O.C7H8.CH4O/c1-7(2)9(12)11-5-4-10-8(3)6-11;1-7-5-3-2-4-6-7;1-2/h7-8,10H,4-6H2,1-3H3;2-6H,1H3;2H,1H3. The first kappa shape index (κ1) is 19.6. The zero-order valence-corrected chi connectivity index (χ0v) is 14.0. The highest BCUT2D eigenvalue weighted by Gasteiger charge is 2.21. The highest BCUT2D eigenvalue weighted by atomic mass is 16.2. The molecule has 120 valence electrons. The number of aliphatic hydroxyl groups is 1. The van der Waals surface area contributed by atoms with Gasteiger partial charge in [-0.2, -0.15) is 0 Å². The van der Waals surface area contributed by atoms with E-state index in [1.54, 1.807) is 0 Å². The molecule has 0 bridgehead atoms. The van der Waals surface area contributed by atoms with Crippen LogP contribution in [0.15, 0.2) is 30.3 Å². The Morgan fingerprint density at radius 1 is 1.29 bits per heavy atom. The predicted molar refractivity (Wildman–Crippen MR) is 88.2 cm³/mol. The van der Waals surface area contributed by atoms with E-state index in [1.165, 1.54) is 5.56 Å². The van der Waals surface area contributed by atoms with E-state index >= 15 is 0 Å². The van der Waals surface area contributed by atoms with Gasteiger partial charge in [0.25, 0.3) is 0 Å². The van der Waals surface area contributed by atoms with Gasteiger partial charge in [-0.25, -0.2) is 0 Å². The quantitative estimate of drug-likeness (QED) is 0.833. The van der Waals surface area contributed by atoms with Gasteiger partial charge in [-0.3, -0.25) is 4.79 Å². The molecule has 1 atom stereocenters. The van der Waals surface area contributed by atoms with Crippen LogP contribution >= 0.6 is 0 Å². The molecule has 21 heavy (non-hydrogen) atoms. The van der Waals surface area contributed by atoms with Gasteiger partial charge in [-0.1, -0.05) is 49.7 Å². The van der Waals surface area contributed by atoms with Crippen molar-refractivity contribution in [3.63, 3.8) is 0 Å². The van der Waals surface area contributed by atoms with Crippen molar-refractivity contribution < 1.29 is 9.90 Å². The second kappa shape index (κ2) is 11.3. The fourth-order valence-electron chi connectivity index (χ4n) is 2.03. The lowest BCUT2D eigenvalue weighted by atomic mass is 10.1. The van der Waals surface area contributed by atoms with Gasteiger partial charge in [-0.05, 0) is 13.8 Å². The molecule has 0 radical (unpaired) electrons. The third-order valence-electron chi connectivity index (χ3n) is 3.11. The van der Waals surface area contributed by atoms with E-state index in [9.17, 15) is 4.79 Å². The van der Waals surface area contributed by atoms with Gasteiger partial charge >= 0.3 is 0 Å². The summed E-state index contributed by atoms with van der Waals surface area (Å²) in [6.45, 7) is 10.8. The largest absolute Gasteiger partial charge is 0.400 e. The molecule has 0 spiro atoms. The van der Waals surface area contributed by atoms with Crippen molar-refractivity contribution >= 4 is 5.91 Å². The molecule has 0 saturated carbocycles. The van der Waals surface area contributed by atoms with Crippen LogP contribution in [0.3, 0.4) is 0 Å². The number of nitrogens with zero attached hydrogens (tertiary/aromatic N) is 1. The fraction of sp³-hybridized carbons (Fsp3) is 0.588. The van der Waals surface area contributed by atoms with Crippen LogP contribution < -0.4 is 5.32 Å². The highest BCUT2D eigenvalue weighted by molar-refractivity contribution is 5.78. The molecule has 1 aliphatic heterocycles. The first-order valence-corrected chi connectivity index (χ1v) is 7.49. The highest BCUT2D eigenvalue weighted by Crippen LogP contribution is 2.05. The zero-order valence-electron chi connectivity index (χ0n) is 14.0. The van der Waals surface area contributed by atoms with E-state index in [1.807, 2.05) is 36.9 Å². The van der Waals surface area contributed by atoms with Crippen molar-refractivity contribution in [3.8, 4) is 0 Å². The van der Waals surface area contributed by atoms with Gasteiger partial charge < -0.3 is 15.3 Å². The number of aliphatic hydroxyl groups excluding tert-OH is 1. The Morgan fingerprint density at radius 2 is 1.86 bits per heavy atom. The second-order valence-corrected chi connectivity index (χ2v) is 5.45. The smallest absolute Gasteiger partial charge is 0.225 e. The lowest BCUT2D eigenvalue weighted by molar-refractivity contribution is -0.135. The summed E-state index contributed by atoms with van der Waals surface area (Å²) in [5.41, 5.74) is 1.32. The summed E-state index contributed by atoms with van der Waals surface area (Å²) in [5, 5.41) is 10.3. The fourth-order valence-corrected chi connectivity index (χ4v) is 2.03. The molecule has 1 saturated heterocycles. The summed E-state index contributed by atoms with van der Waals surface area (Å²) in [6, 6.07) is 10.7. The van der Waals surface area contributed by atoms with Crippen molar-refractivity contribution in [1.29, 1.82) is 0 Å². The maximum atomic E-state index is 11.5. The number of hydrogen-bond acceptors (Lipinski definition) is 3. The van der Waals surface area contributed by atoms with Crippen molar-refractivity contribution in [2.45, 2.75) is 33.7 Å². The number of carbonyl (C=O) groups excluding carboxylic acids is 1. The normalized spacial score (nSPS) is 17.3. The lowest BCUT2D eigenvalue weighted by Gasteiger charge is -2.33. The van der Waals surface area contributed by atoms with E-state index < -0.39 is 0 Å². The first-order valence-electron chi connectivity index (χ1n) is 7.49. The molecular formula is C17H30N2O2. The van der Waals surface area contributed by atoms with E-state index in [0.717, 1.165) is 26.7 Å². The van der Waals surface area contributed by atoms with Crippen LogP contribution in [0.1, 0.15) is 26.3 Å². The van der Waals surface area contributed by atoms with Crippen LogP contribution in [0.2, 0.25) is 0 Å². The van der Waals surface area contributed by atoms with Crippen molar-refractivity contribution in [2.75, 3.05) is 26.7 Å². The molecule has 1 aliphatic rings. The SMILES string of the molecule is CC1CN(C(=O)C(C)C)CCN1.CO.Cc1ccccc1. The third-order valence-corrected chi connectivity index (χ3v) is 3.11. The molecule has 2 N–H and O–H groups in total. The molecule has 0 aliphatic carbocycles. The monoisotopic (exact) mass is 294 g/mol. The van der Waals surface area contributed by atoms with Crippen LogP contribution in [0, 0.1) is 12.8 Å². The summed E-state index contributed by atoms with van der Waals surface area (Å²) in [4.78, 5) is 13.5. The number of carbonyl (C=O) groups is 1. The van der Waals surface area contributed by atoms with Gasteiger partial charge in [0, 0.05) is 38.7 Å². The molecule has 2 rings (SSSR count). The predicted octanol–water partition coefficient (Wildman–Crippen LogP) is 2.07. The lowest BCUT2D eigenvalue weighted by Crippen LogP contribution is -2.52. The van der Waals surface area contributed by atoms with E-state index in [2.05, 4.69) is 31.3 Å². The summed E-state index contributed by atoms with van der Waals surface area (Å²) in [5.74, 6) is 0.415. The number of nitrogens with one attached hydrogen (secondary N) is 1. The summed E-state index contributed by atoms with van der Waals surface area (Å²) in [6.07, 6.45) is 0. The zero-order chi connectivity index (χ0) is 16.3. The van der Waals surface area contributed by atoms with Crippen molar-refractivity contribution in [3.05, 3.63) is 35.9 Å². The number of piperazine rings is 1. The van der Waals surface area contributed by atoms with Gasteiger partial charge in [0.05, 0.1) is 0 Å². The van der Waals surface area contributed by atoms with Crippen LogP contribution in [-0.2, 0) is 4.79 Å². The minimum absolute atomic E-state index is 0.135. The van der Waals surface area contributed by atoms with Gasteiger partial charge in [0.2, 0.25) is 5.91 Å². The molecular weight excluding hydrogens is 264 g/mol. The maximum absolute atomic E-state index is 11.5. The van der Waals surface area contributed by atoms with Gasteiger partial charge in [0.15, 0.2) is 0 Å². The topological polar surface area (TPSA) is 52.6 Å². The summed E-state index contributed by atoms with van der Waals surface area (Å²) in [7, 11) is 1.00. The molecule has 1 aromatic rings. The molecule has 1 fully saturated rings.